The van der Waals surface area contributed by atoms with Gasteiger partial charge in [-0.15, -0.1) is 0 Å². The second-order valence-electron chi connectivity index (χ2n) is 10.3. The summed E-state index contributed by atoms with van der Waals surface area (Å²) >= 11 is 0. The molecule has 0 aliphatic carbocycles. The zero-order valence-corrected chi connectivity index (χ0v) is 20.5. The van der Waals surface area contributed by atoms with E-state index in [2.05, 4.69) is 5.32 Å². The van der Waals surface area contributed by atoms with Crippen LogP contribution in [0.4, 0.5) is 21.9 Å². The second-order valence-corrected chi connectivity index (χ2v) is 10.3. The molecule has 0 aliphatic rings. The Morgan fingerprint density at radius 3 is 1.91 bits per heavy atom. The smallest absolute Gasteiger partial charge is 0.326 e. The summed E-state index contributed by atoms with van der Waals surface area (Å²) in [5.41, 5.74) is 1.30. The van der Waals surface area contributed by atoms with Crippen molar-refractivity contribution < 1.29 is 24.7 Å². The lowest BCUT2D eigenvalue weighted by molar-refractivity contribution is -0.384. The number of phenolic OH excluding ortho intramolecular Hbond substituents is 1. The molecule has 2 aromatic rings. The van der Waals surface area contributed by atoms with E-state index in [0.29, 0.717) is 22.5 Å². The van der Waals surface area contributed by atoms with Crippen LogP contribution in [0.5, 0.6) is 5.75 Å². The van der Waals surface area contributed by atoms with E-state index in [9.17, 15) is 24.8 Å². The molecule has 184 valence electrons. The van der Waals surface area contributed by atoms with E-state index in [1.165, 1.54) is 29.2 Å². The molecule has 2 amide bonds. The van der Waals surface area contributed by atoms with Crippen molar-refractivity contribution in [1.82, 2.24) is 0 Å². The fourth-order valence-corrected chi connectivity index (χ4v) is 3.51. The molecule has 34 heavy (non-hydrogen) atoms. The van der Waals surface area contributed by atoms with Crippen LogP contribution < -0.4 is 10.2 Å². The molecular formula is C25H33N3O6. The van der Waals surface area contributed by atoms with E-state index >= 15 is 0 Å². The minimum atomic E-state index is -0.966. The van der Waals surface area contributed by atoms with Crippen LogP contribution in [-0.4, -0.2) is 33.7 Å². The van der Waals surface area contributed by atoms with Gasteiger partial charge in [0.05, 0.1) is 4.92 Å². The maximum Gasteiger partial charge on any atom is 0.326 e. The normalized spacial score (nSPS) is 11.7. The number of phenols is 1. The number of hydrogen-bond acceptors (Lipinski definition) is 5. The number of carboxylic acids is 1. The van der Waals surface area contributed by atoms with Crippen molar-refractivity contribution in [2.45, 2.75) is 65.2 Å². The fraction of sp³-hybridized carbons (Fsp3) is 0.440. The summed E-state index contributed by atoms with van der Waals surface area (Å²) in [7, 11) is 0. The largest absolute Gasteiger partial charge is 0.507 e. The Hall–Kier alpha value is -3.62. The SMILES string of the molecule is CC(C)(C)c1cc(N(CCCC(=O)O)C(=O)Nc2ccc([N+](=O)[O-])cc2)cc(C(C)(C)C)c1O. The highest BCUT2D eigenvalue weighted by Crippen LogP contribution is 2.42. The lowest BCUT2D eigenvalue weighted by Crippen LogP contribution is -2.36. The Labute approximate surface area is 199 Å². The van der Waals surface area contributed by atoms with E-state index in [0.717, 1.165) is 0 Å². The number of nitro groups is 1. The Balaban J connectivity index is 2.52. The zero-order valence-electron chi connectivity index (χ0n) is 20.5. The summed E-state index contributed by atoms with van der Waals surface area (Å²) in [5, 5.41) is 33.7. The number of nitrogens with one attached hydrogen (secondary N) is 1. The van der Waals surface area contributed by atoms with Crippen LogP contribution in [0.15, 0.2) is 36.4 Å². The third-order valence-corrected chi connectivity index (χ3v) is 5.37. The van der Waals surface area contributed by atoms with Gasteiger partial charge in [-0.1, -0.05) is 41.5 Å². The molecule has 0 spiro atoms. The molecule has 0 radical (unpaired) electrons. The minimum absolute atomic E-state index is 0.0977. The number of carboxylic acid groups (broad SMARTS) is 1. The van der Waals surface area contributed by atoms with E-state index in [-0.39, 0.29) is 30.8 Å². The molecule has 2 aromatic carbocycles. The van der Waals surface area contributed by atoms with Crippen molar-refractivity contribution in [2.75, 3.05) is 16.8 Å². The fourth-order valence-electron chi connectivity index (χ4n) is 3.51. The van der Waals surface area contributed by atoms with Crippen molar-refractivity contribution >= 4 is 29.1 Å². The van der Waals surface area contributed by atoms with Crippen molar-refractivity contribution in [2.24, 2.45) is 0 Å². The summed E-state index contributed by atoms with van der Waals surface area (Å²) in [5.74, 6) is -0.794. The molecule has 0 fully saturated rings. The molecule has 3 N–H and O–H groups in total. The standard InChI is InChI=1S/C25H33N3O6/c1-24(2,3)19-14-18(15-20(22(19)31)25(4,5)6)27(13-7-8-21(29)30)23(32)26-16-9-11-17(12-10-16)28(33)34/h9-12,14-15,31H,7-8,13H2,1-6H3,(H,26,32)(H,29,30). The van der Waals surface area contributed by atoms with Gasteiger partial charge in [0.25, 0.3) is 5.69 Å². The number of benzene rings is 2. The summed E-state index contributed by atoms with van der Waals surface area (Å²) in [4.78, 5) is 36.2. The maximum atomic E-state index is 13.3. The van der Waals surface area contributed by atoms with Crippen molar-refractivity contribution in [1.29, 1.82) is 0 Å². The van der Waals surface area contributed by atoms with Gasteiger partial charge in [0.1, 0.15) is 5.75 Å². The number of amides is 2. The molecule has 0 bridgehead atoms. The van der Waals surface area contributed by atoms with Gasteiger partial charge in [0.15, 0.2) is 0 Å². The number of aliphatic carboxylic acids is 1. The first-order valence-corrected chi connectivity index (χ1v) is 11.0. The topological polar surface area (TPSA) is 133 Å². The number of hydrogen-bond donors (Lipinski definition) is 3. The van der Waals surface area contributed by atoms with Gasteiger partial charge in [-0.05, 0) is 41.5 Å². The molecule has 9 nitrogen and oxygen atoms in total. The molecular weight excluding hydrogens is 438 g/mol. The predicted octanol–water partition coefficient (Wildman–Crippen LogP) is 5.80. The predicted molar refractivity (Wildman–Crippen MR) is 132 cm³/mol. The number of rotatable bonds is 7. The number of non-ortho nitro benzene ring substituents is 1. The van der Waals surface area contributed by atoms with Gasteiger partial charge in [0, 0.05) is 47.6 Å². The Bertz CT molecular complexity index is 1030. The van der Waals surface area contributed by atoms with Crippen molar-refractivity contribution in [3.8, 4) is 5.75 Å². The quantitative estimate of drug-likeness (QED) is 0.345. The van der Waals surface area contributed by atoms with Crippen LogP contribution in [0, 0.1) is 10.1 Å². The molecule has 0 saturated heterocycles. The van der Waals surface area contributed by atoms with Crippen LogP contribution in [0.25, 0.3) is 0 Å². The van der Waals surface area contributed by atoms with Crippen LogP contribution >= 0.6 is 0 Å². The summed E-state index contributed by atoms with van der Waals surface area (Å²) in [6, 6.07) is 8.44. The molecule has 0 unspecified atom stereocenters. The number of anilines is 2. The molecule has 0 saturated carbocycles. The van der Waals surface area contributed by atoms with Gasteiger partial charge in [-0.2, -0.15) is 0 Å². The molecule has 0 heterocycles. The monoisotopic (exact) mass is 471 g/mol. The molecule has 0 aromatic heterocycles. The Morgan fingerprint density at radius 2 is 1.50 bits per heavy atom. The average Bonchev–Trinajstić information content (AvgIpc) is 2.70. The van der Waals surface area contributed by atoms with Crippen LogP contribution in [-0.2, 0) is 15.6 Å². The number of carbonyl (C=O) groups excluding carboxylic acids is 1. The second kappa shape index (κ2) is 10.1. The van der Waals surface area contributed by atoms with Gasteiger partial charge in [0.2, 0.25) is 0 Å². The Kier molecular flexibility index (Phi) is 7.92. The molecule has 2 rings (SSSR count). The zero-order chi connectivity index (χ0) is 25.8. The summed E-state index contributed by atoms with van der Waals surface area (Å²) in [6.45, 7) is 11.9. The van der Waals surface area contributed by atoms with E-state index < -0.39 is 27.8 Å². The molecule has 9 heteroatoms. The van der Waals surface area contributed by atoms with E-state index in [1.807, 2.05) is 41.5 Å². The number of urea groups is 1. The van der Waals surface area contributed by atoms with Gasteiger partial charge in [-0.3, -0.25) is 19.8 Å². The van der Waals surface area contributed by atoms with E-state index in [1.54, 1.807) is 12.1 Å². The summed E-state index contributed by atoms with van der Waals surface area (Å²) < 4.78 is 0. The third kappa shape index (κ3) is 6.69. The first kappa shape index (κ1) is 26.6. The number of nitro benzene ring substituents is 1. The minimum Gasteiger partial charge on any atom is -0.507 e. The number of nitrogens with zero attached hydrogens (tertiary/aromatic N) is 2. The first-order chi connectivity index (χ1) is 15.6. The third-order valence-electron chi connectivity index (χ3n) is 5.37. The van der Waals surface area contributed by atoms with Gasteiger partial charge in [-0.25, -0.2) is 4.79 Å². The van der Waals surface area contributed by atoms with Gasteiger partial charge >= 0.3 is 12.0 Å². The lowest BCUT2D eigenvalue weighted by Gasteiger charge is -2.31. The van der Waals surface area contributed by atoms with Crippen molar-refractivity contribution in [3.05, 3.63) is 57.6 Å². The molecule has 0 atom stereocenters. The lowest BCUT2D eigenvalue weighted by atomic mass is 9.79. The van der Waals surface area contributed by atoms with Crippen LogP contribution in [0.1, 0.15) is 65.5 Å². The summed E-state index contributed by atoms with van der Waals surface area (Å²) in [6.07, 6.45) is 0.108. The van der Waals surface area contributed by atoms with Gasteiger partial charge < -0.3 is 15.5 Å². The highest BCUT2D eigenvalue weighted by molar-refractivity contribution is 6.02. The average molecular weight is 472 g/mol. The highest BCUT2D eigenvalue weighted by atomic mass is 16.6. The Morgan fingerprint density at radius 1 is 1.00 bits per heavy atom. The number of aromatic hydroxyl groups is 1. The van der Waals surface area contributed by atoms with Crippen molar-refractivity contribution in [3.63, 3.8) is 0 Å². The number of carbonyl (C=O) groups is 2. The highest BCUT2D eigenvalue weighted by Gasteiger charge is 2.29. The van der Waals surface area contributed by atoms with E-state index in [4.69, 9.17) is 5.11 Å². The maximum absolute atomic E-state index is 13.3. The molecule has 0 aliphatic heterocycles. The van der Waals surface area contributed by atoms with Crippen LogP contribution in [0.2, 0.25) is 0 Å². The first-order valence-electron chi connectivity index (χ1n) is 11.0. The van der Waals surface area contributed by atoms with Crippen LogP contribution in [0.3, 0.4) is 0 Å².